The van der Waals surface area contributed by atoms with Crippen LogP contribution in [-0.2, 0) is 0 Å². The molecule has 0 spiro atoms. The number of anilines is 1. The molecule has 5 rings (SSSR count). The number of aromatic nitrogens is 4. The number of aryl methyl sites for hydroxylation is 1. The Balaban J connectivity index is 0.000000226. The van der Waals surface area contributed by atoms with Gasteiger partial charge in [0.25, 0.3) is 0 Å². The lowest BCUT2D eigenvalue weighted by Gasteiger charge is -2.31. The Morgan fingerprint density at radius 3 is 2.41 bits per heavy atom. The van der Waals surface area contributed by atoms with Gasteiger partial charge in [0.15, 0.2) is 0 Å². The van der Waals surface area contributed by atoms with E-state index in [4.69, 9.17) is 0 Å². The maximum atomic E-state index is 10.4. The number of rotatable bonds is 5. The molecule has 1 aromatic carbocycles. The zero-order valence-corrected chi connectivity index (χ0v) is 19.8. The van der Waals surface area contributed by atoms with Gasteiger partial charge in [0.1, 0.15) is 11.9 Å². The van der Waals surface area contributed by atoms with Crippen LogP contribution in [0.3, 0.4) is 0 Å². The highest BCUT2D eigenvalue weighted by atomic mass is 16.3. The molecule has 8 nitrogen and oxygen atoms in total. The van der Waals surface area contributed by atoms with E-state index < -0.39 is 6.10 Å². The fraction of sp³-hybridized carbons (Fsp3) is 0.269. The Hall–Kier alpha value is -3.91. The van der Waals surface area contributed by atoms with Crippen LogP contribution in [0, 0.1) is 6.92 Å². The molecule has 1 atom stereocenters. The van der Waals surface area contributed by atoms with E-state index in [0.717, 1.165) is 30.9 Å². The van der Waals surface area contributed by atoms with Crippen molar-refractivity contribution in [3.8, 4) is 0 Å². The summed E-state index contributed by atoms with van der Waals surface area (Å²) in [5, 5.41) is 21.0. The van der Waals surface area contributed by atoms with Crippen molar-refractivity contribution in [2.75, 3.05) is 32.1 Å². The third-order valence-electron chi connectivity index (χ3n) is 5.97. The van der Waals surface area contributed by atoms with Crippen LogP contribution in [0.25, 0.3) is 5.52 Å². The van der Waals surface area contributed by atoms with Crippen molar-refractivity contribution in [1.29, 1.82) is 0 Å². The van der Waals surface area contributed by atoms with Gasteiger partial charge in [0.2, 0.25) is 0 Å². The summed E-state index contributed by atoms with van der Waals surface area (Å²) in [5.41, 5.74) is 6.22. The van der Waals surface area contributed by atoms with E-state index in [9.17, 15) is 5.11 Å². The number of hydrogen-bond donors (Lipinski definition) is 3. The third-order valence-corrected chi connectivity index (χ3v) is 5.97. The molecule has 3 aromatic heterocycles. The summed E-state index contributed by atoms with van der Waals surface area (Å²) in [6, 6.07) is 15.6. The number of fused-ring (bicyclic) bond motifs is 1. The number of nitrogens with one attached hydrogen (secondary N) is 2. The van der Waals surface area contributed by atoms with Crippen LogP contribution in [0.1, 0.15) is 29.3 Å². The van der Waals surface area contributed by atoms with Crippen LogP contribution in [0.4, 0.5) is 5.82 Å². The lowest BCUT2D eigenvalue weighted by molar-refractivity contribution is 0.215. The van der Waals surface area contributed by atoms with Gasteiger partial charge in [-0.1, -0.05) is 36.4 Å². The number of likely N-dealkylation sites (N-methyl/N-ethyl adjacent to an activating group) is 1. The van der Waals surface area contributed by atoms with Gasteiger partial charge in [-0.15, -0.1) is 0 Å². The summed E-state index contributed by atoms with van der Waals surface area (Å²) < 4.78 is 1.87. The standard InChI is InChI=1S/C18H23N5O.C8H8N2/c1-19-14-8-9-23(12-16(14)20-2)17-11-21-15(10-22-17)18(24)13-6-4-3-5-7-13;1-7-3-2-6-10-8(7)4-5-9-10/h3-7,10-11,18-20,24H,8-9,12H2,1-2H3;2-6H,1H3. The Morgan fingerprint density at radius 2 is 1.74 bits per heavy atom. The Bertz CT molecular complexity index is 1240. The van der Waals surface area contributed by atoms with Gasteiger partial charge >= 0.3 is 0 Å². The highest BCUT2D eigenvalue weighted by Gasteiger charge is 2.20. The monoisotopic (exact) mass is 457 g/mol. The molecule has 176 valence electrons. The molecule has 0 amide bonds. The van der Waals surface area contributed by atoms with Crippen LogP contribution in [0.5, 0.6) is 0 Å². The fourth-order valence-corrected chi connectivity index (χ4v) is 4.01. The van der Waals surface area contributed by atoms with Gasteiger partial charge in [-0.25, -0.2) is 9.50 Å². The van der Waals surface area contributed by atoms with Crippen LogP contribution >= 0.6 is 0 Å². The highest BCUT2D eigenvalue weighted by molar-refractivity contribution is 5.52. The molecule has 0 saturated carbocycles. The van der Waals surface area contributed by atoms with E-state index in [1.165, 1.54) is 22.5 Å². The van der Waals surface area contributed by atoms with Crippen LogP contribution < -0.4 is 15.5 Å². The van der Waals surface area contributed by atoms with E-state index >= 15 is 0 Å². The van der Waals surface area contributed by atoms with Gasteiger partial charge < -0.3 is 20.6 Å². The van der Waals surface area contributed by atoms with Crippen molar-refractivity contribution in [2.24, 2.45) is 0 Å². The molecule has 1 aliphatic rings. The minimum atomic E-state index is -0.752. The predicted octanol–water partition coefficient (Wildman–Crippen LogP) is 3.06. The summed E-state index contributed by atoms with van der Waals surface area (Å²) in [5.74, 6) is 0.821. The smallest absolute Gasteiger partial charge is 0.147 e. The Kier molecular flexibility index (Phi) is 7.39. The summed E-state index contributed by atoms with van der Waals surface area (Å²) in [6.45, 7) is 3.73. The molecule has 0 bridgehead atoms. The van der Waals surface area contributed by atoms with E-state index in [0.29, 0.717) is 5.69 Å². The van der Waals surface area contributed by atoms with Crippen LogP contribution in [-0.4, -0.2) is 51.9 Å². The first-order valence-corrected chi connectivity index (χ1v) is 11.4. The number of benzene rings is 1. The van der Waals surface area contributed by atoms with E-state index in [-0.39, 0.29) is 0 Å². The summed E-state index contributed by atoms with van der Waals surface area (Å²) in [6.07, 6.45) is 7.33. The average molecular weight is 458 g/mol. The first-order chi connectivity index (χ1) is 16.6. The minimum Gasteiger partial charge on any atom is -0.390 e. The second kappa shape index (κ2) is 10.8. The molecule has 4 heterocycles. The van der Waals surface area contributed by atoms with Crippen molar-refractivity contribution in [3.63, 3.8) is 0 Å². The van der Waals surface area contributed by atoms with Crippen molar-refractivity contribution >= 4 is 11.3 Å². The summed E-state index contributed by atoms with van der Waals surface area (Å²) >= 11 is 0. The first-order valence-electron chi connectivity index (χ1n) is 11.4. The maximum Gasteiger partial charge on any atom is 0.147 e. The third kappa shape index (κ3) is 5.18. The van der Waals surface area contributed by atoms with E-state index in [1.807, 2.05) is 73.5 Å². The van der Waals surface area contributed by atoms with Crippen molar-refractivity contribution in [1.82, 2.24) is 30.2 Å². The summed E-state index contributed by atoms with van der Waals surface area (Å²) in [7, 11) is 3.88. The largest absolute Gasteiger partial charge is 0.390 e. The molecule has 3 N–H and O–H groups in total. The molecule has 0 fully saturated rings. The second-order valence-electron chi connectivity index (χ2n) is 8.09. The molecule has 0 saturated heterocycles. The maximum absolute atomic E-state index is 10.4. The SMILES string of the molecule is CNC1=C(NC)CN(c2cnc(C(O)c3ccccc3)cn2)CC1.Cc1cccn2nccc12. The zero-order valence-electron chi connectivity index (χ0n) is 19.8. The van der Waals surface area contributed by atoms with Crippen LogP contribution in [0.2, 0.25) is 0 Å². The van der Waals surface area contributed by atoms with E-state index in [2.05, 4.69) is 43.6 Å². The van der Waals surface area contributed by atoms with Crippen molar-refractivity contribution in [2.45, 2.75) is 19.4 Å². The number of hydrogen-bond acceptors (Lipinski definition) is 7. The molecule has 1 aliphatic heterocycles. The second-order valence-corrected chi connectivity index (χ2v) is 8.09. The van der Waals surface area contributed by atoms with Crippen molar-refractivity contribution < 1.29 is 5.11 Å². The Labute approximate surface area is 200 Å². The van der Waals surface area contributed by atoms with Gasteiger partial charge in [-0.2, -0.15) is 5.10 Å². The number of aliphatic hydroxyl groups is 1. The van der Waals surface area contributed by atoms with Gasteiger partial charge in [0, 0.05) is 50.8 Å². The molecule has 34 heavy (non-hydrogen) atoms. The summed E-state index contributed by atoms with van der Waals surface area (Å²) in [4.78, 5) is 11.1. The number of aliphatic hydroxyl groups excluding tert-OH is 1. The normalized spacial score (nSPS) is 14.4. The first kappa shape index (κ1) is 23.3. The highest BCUT2D eigenvalue weighted by Crippen LogP contribution is 2.22. The lowest BCUT2D eigenvalue weighted by atomic mass is 10.1. The molecule has 0 aliphatic carbocycles. The Morgan fingerprint density at radius 1 is 0.941 bits per heavy atom. The van der Waals surface area contributed by atoms with Gasteiger partial charge in [0.05, 0.1) is 30.1 Å². The quantitative estimate of drug-likeness (QED) is 0.424. The minimum absolute atomic E-state index is 0.558. The number of nitrogens with zero attached hydrogens (tertiary/aromatic N) is 5. The van der Waals surface area contributed by atoms with Crippen molar-refractivity contribution in [3.05, 3.63) is 102 Å². The lowest BCUT2D eigenvalue weighted by Crippen LogP contribution is -2.38. The molecular weight excluding hydrogens is 426 g/mol. The molecule has 0 radical (unpaired) electrons. The molecule has 1 unspecified atom stereocenters. The average Bonchev–Trinajstić information content (AvgIpc) is 3.39. The van der Waals surface area contributed by atoms with Gasteiger partial charge in [-0.3, -0.25) is 4.98 Å². The molecule has 4 aromatic rings. The predicted molar refractivity (Wildman–Crippen MR) is 134 cm³/mol. The zero-order chi connectivity index (χ0) is 23.9. The fourth-order valence-electron chi connectivity index (χ4n) is 4.01. The van der Waals surface area contributed by atoms with Gasteiger partial charge in [-0.05, 0) is 30.2 Å². The van der Waals surface area contributed by atoms with Crippen LogP contribution in [0.15, 0.2) is 84.7 Å². The van der Waals surface area contributed by atoms with E-state index in [1.54, 1.807) is 12.4 Å². The number of pyridine rings is 1. The molecular formula is C26H31N7O. The molecule has 8 heteroatoms. The topological polar surface area (TPSA) is 90.6 Å².